The second-order valence-corrected chi connectivity index (χ2v) is 4.51. The van der Waals surface area contributed by atoms with Gasteiger partial charge in [0.05, 0.1) is 11.3 Å². The third-order valence-electron chi connectivity index (χ3n) is 3.08. The number of benzene rings is 1. The molecule has 0 amide bonds. The predicted molar refractivity (Wildman–Crippen MR) is 70.9 cm³/mol. The van der Waals surface area contributed by atoms with E-state index in [1.54, 1.807) is 16.8 Å². The Morgan fingerprint density at radius 3 is 2.47 bits per heavy atom. The largest absolute Gasteiger partial charge is 0.478 e. The molecular formula is C14H16N2O3. The highest BCUT2D eigenvalue weighted by molar-refractivity contribution is 5.88. The molecule has 0 fully saturated rings. The summed E-state index contributed by atoms with van der Waals surface area (Å²) in [5.41, 5.74) is 2.77. The van der Waals surface area contributed by atoms with Crippen molar-refractivity contribution in [3.8, 4) is 11.5 Å². The molecule has 0 aliphatic rings. The van der Waals surface area contributed by atoms with Crippen LogP contribution in [0.3, 0.4) is 0 Å². The zero-order valence-electron chi connectivity index (χ0n) is 11.4. The molecule has 0 saturated carbocycles. The van der Waals surface area contributed by atoms with E-state index in [2.05, 4.69) is 5.10 Å². The van der Waals surface area contributed by atoms with Crippen LogP contribution in [0, 0.1) is 20.8 Å². The number of carboxylic acids is 1. The van der Waals surface area contributed by atoms with E-state index in [0.717, 1.165) is 17.0 Å². The van der Waals surface area contributed by atoms with Gasteiger partial charge in [0.15, 0.2) is 5.75 Å². The Labute approximate surface area is 111 Å². The normalized spacial score (nSPS) is 10.5. The van der Waals surface area contributed by atoms with Crippen molar-refractivity contribution in [1.29, 1.82) is 0 Å². The van der Waals surface area contributed by atoms with Gasteiger partial charge in [-0.25, -0.2) is 4.79 Å². The number of carbonyl (C=O) groups is 1. The zero-order valence-corrected chi connectivity index (χ0v) is 11.4. The molecule has 0 atom stereocenters. The van der Waals surface area contributed by atoms with E-state index < -0.39 is 5.97 Å². The van der Waals surface area contributed by atoms with Gasteiger partial charge in [0.1, 0.15) is 11.4 Å². The first-order valence-corrected chi connectivity index (χ1v) is 5.92. The van der Waals surface area contributed by atoms with E-state index in [9.17, 15) is 4.79 Å². The molecule has 1 heterocycles. The summed E-state index contributed by atoms with van der Waals surface area (Å²) in [4.78, 5) is 10.9. The number of carboxylic acid groups (broad SMARTS) is 1. The van der Waals surface area contributed by atoms with Crippen molar-refractivity contribution in [2.75, 3.05) is 0 Å². The van der Waals surface area contributed by atoms with Crippen molar-refractivity contribution in [3.05, 3.63) is 40.7 Å². The molecule has 0 aliphatic carbocycles. The van der Waals surface area contributed by atoms with Crippen molar-refractivity contribution >= 4 is 5.97 Å². The minimum Gasteiger partial charge on any atom is -0.478 e. The number of aromatic carboxylic acids is 1. The molecule has 5 heteroatoms. The highest BCUT2D eigenvalue weighted by Gasteiger charge is 2.13. The monoisotopic (exact) mass is 260 g/mol. The maximum Gasteiger partial charge on any atom is 0.335 e. The molecule has 100 valence electrons. The van der Waals surface area contributed by atoms with Gasteiger partial charge in [-0.2, -0.15) is 5.10 Å². The fraction of sp³-hybridized carbons (Fsp3) is 0.286. The van der Waals surface area contributed by atoms with Crippen LogP contribution < -0.4 is 4.74 Å². The molecule has 19 heavy (non-hydrogen) atoms. The van der Waals surface area contributed by atoms with Gasteiger partial charge in [-0.3, -0.25) is 4.68 Å². The molecular weight excluding hydrogens is 244 g/mol. The lowest BCUT2D eigenvalue weighted by Crippen LogP contribution is -1.98. The summed E-state index contributed by atoms with van der Waals surface area (Å²) in [5, 5.41) is 13.2. The van der Waals surface area contributed by atoms with E-state index in [1.807, 2.05) is 27.8 Å². The average molecular weight is 260 g/mol. The van der Waals surface area contributed by atoms with Crippen LogP contribution in [-0.2, 0) is 7.05 Å². The highest BCUT2D eigenvalue weighted by atomic mass is 16.5. The predicted octanol–water partition coefficient (Wildman–Crippen LogP) is 2.84. The molecule has 1 aromatic carbocycles. The summed E-state index contributed by atoms with van der Waals surface area (Å²) in [5.74, 6) is 0.418. The summed E-state index contributed by atoms with van der Waals surface area (Å²) in [6.07, 6.45) is 0. The number of nitrogens with zero attached hydrogens (tertiary/aromatic N) is 2. The molecule has 1 aromatic heterocycles. The Balaban J connectivity index is 2.36. The maximum atomic E-state index is 10.9. The van der Waals surface area contributed by atoms with Crippen molar-refractivity contribution < 1.29 is 14.6 Å². The third kappa shape index (κ3) is 2.45. The van der Waals surface area contributed by atoms with Crippen LogP contribution >= 0.6 is 0 Å². The summed E-state index contributed by atoms with van der Waals surface area (Å²) >= 11 is 0. The van der Waals surface area contributed by atoms with Gasteiger partial charge < -0.3 is 9.84 Å². The number of hydrogen-bond donors (Lipinski definition) is 1. The number of aryl methyl sites for hydroxylation is 3. The van der Waals surface area contributed by atoms with Gasteiger partial charge in [-0.05, 0) is 44.5 Å². The fourth-order valence-corrected chi connectivity index (χ4v) is 1.91. The lowest BCUT2D eigenvalue weighted by atomic mass is 10.1. The van der Waals surface area contributed by atoms with Crippen LogP contribution in [0.1, 0.15) is 27.3 Å². The first-order valence-electron chi connectivity index (χ1n) is 5.92. The average Bonchev–Trinajstić information content (AvgIpc) is 2.58. The van der Waals surface area contributed by atoms with Crippen LogP contribution in [0.25, 0.3) is 0 Å². The van der Waals surface area contributed by atoms with Crippen LogP contribution in [-0.4, -0.2) is 20.9 Å². The molecule has 5 nitrogen and oxygen atoms in total. The topological polar surface area (TPSA) is 64.3 Å². The van der Waals surface area contributed by atoms with Crippen molar-refractivity contribution in [2.45, 2.75) is 20.8 Å². The lowest BCUT2D eigenvalue weighted by molar-refractivity contribution is 0.0697. The van der Waals surface area contributed by atoms with Gasteiger partial charge in [-0.1, -0.05) is 0 Å². The van der Waals surface area contributed by atoms with E-state index in [-0.39, 0.29) is 5.56 Å². The smallest absolute Gasteiger partial charge is 0.335 e. The SMILES string of the molecule is Cc1cc(C(=O)O)ccc1Oc1c(C)nn(C)c1C. The lowest BCUT2D eigenvalue weighted by Gasteiger charge is -2.09. The molecule has 0 saturated heterocycles. The van der Waals surface area contributed by atoms with E-state index in [4.69, 9.17) is 9.84 Å². The van der Waals surface area contributed by atoms with E-state index >= 15 is 0 Å². The quantitative estimate of drug-likeness (QED) is 0.921. The summed E-state index contributed by atoms with van der Waals surface area (Å²) in [6, 6.07) is 4.80. The Morgan fingerprint density at radius 1 is 1.32 bits per heavy atom. The van der Waals surface area contributed by atoms with Crippen LogP contribution in [0.5, 0.6) is 11.5 Å². The number of hydrogen-bond acceptors (Lipinski definition) is 3. The van der Waals surface area contributed by atoms with Gasteiger partial charge in [-0.15, -0.1) is 0 Å². The molecule has 0 spiro atoms. The standard InChI is InChI=1S/C14H16N2O3/c1-8-7-11(14(17)18)5-6-12(8)19-13-9(2)15-16(4)10(13)3/h5-7H,1-4H3,(H,17,18). The Bertz CT molecular complexity index is 644. The van der Waals surface area contributed by atoms with E-state index in [0.29, 0.717) is 11.5 Å². The van der Waals surface area contributed by atoms with Crippen molar-refractivity contribution in [1.82, 2.24) is 9.78 Å². The maximum absolute atomic E-state index is 10.9. The first-order chi connectivity index (χ1) is 8.90. The van der Waals surface area contributed by atoms with Crippen LogP contribution in [0.2, 0.25) is 0 Å². The highest BCUT2D eigenvalue weighted by Crippen LogP contribution is 2.30. The first kappa shape index (κ1) is 13.1. The minimum absolute atomic E-state index is 0.254. The summed E-state index contributed by atoms with van der Waals surface area (Å²) in [6.45, 7) is 5.63. The van der Waals surface area contributed by atoms with Gasteiger partial charge in [0.25, 0.3) is 0 Å². The molecule has 2 rings (SSSR count). The second kappa shape index (κ2) is 4.76. The second-order valence-electron chi connectivity index (χ2n) is 4.51. The zero-order chi connectivity index (χ0) is 14.2. The molecule has 2 aromatic rings. The molecule has 0 aliphatic heterocycles. The van der Waals surface area contributed by atoms with Crippen molar-refractivity contribution in [2.24, 2.45) is 7.05 Å². The molecule has 0 bridgehead atoms. The molecule has 0 radical (unpaired) electrons. The minimum atomic E-state index is -0.941. The van der Waals surface area contributed by atoms with Gasteiger partial charge in [0, 0.05) is 7.05 Å². The van der Waals surface area contributed by atoms with Gasteiger partial charge in [0.2, 0.25) is 0 Å². The summed E-state index contributed by atoms with van der Waals surface area (Å²) in [7, 11) is 1.86. The van der Waals surface area contributed by atoms with E-state index in [1.165, 1.54) is 6.07 Å². The number of ether oxygens (including phenoxy) is 1. The number of rotatable bonds is 3. The Hall–Kier alpha value is -2.30. The van der Waals surface area contributed by atoms with Crippen molar-refractivity contribution in [3.63, 3.8) is 0 Å². The third-order valence-corrected chi connectivity index (χ3v) is 3.08. The number of aromatic nitrogens is 2. The fourth-order valence-electron chi connectivity index (χ4n) is 1.91. The molecule has 0 unspecified atom stereocenters. The van der Waals surface area contributed by atoms with Crippen LogP contribution in [0.4, 0.5) is 0 Å². The summed E-state index contributed by atoms with van der Waals surface area (Å²) < 4.78 is 7.61. The Morgan fingerprint density at radius 2 is 2.00 bits per heavy atom. The molecule has 1 N–H and O–H groups in total. The Kier molecular flexibility index (Phi) is 3.29. The van der Waals surface area contributed by atoms with Gasteiger partial charge >= 0.3 is 5.97 Å². The van der Waals surface area contributed by atoms with Crippen LogP contribution in [0.15, 0.2) is 18.2 Å².